The fraction of sp³-hybridized carbons (Fsp3) is 0. The van der Waals surface area contributed by atoms with Crippen LogP contribution in [0.15, 0.2) is 52.8 Å². The first-order valence-corrected chi connectivity index (χ1v) is 6.73. The molecule has 0 aliphatic heterocycles. The Hall–Kier alpha value is -2.52. The lowest BCUT2D eigenvalue weighted by Crippen LogP contribution is -2.14. The molecular weight excluding hydrogens is 293 g/mol. The average molecular weight is 303 g/mol. The summed E-state index contributed by atoms with van der Waals surface area (Å²) in [4.78, 5) is 12.8. The summed E-state index contributed by atoms with van der Waals surface area (Å²) < 4.78 is 15.1. The van der Waals surface area contributed by atoms with Crippen molar-refractivity contribution >= 4 is 17.7 Å². The minimum atomic E-state index is -0.342. The van der Waals surface area contributed by atoms with Gasteiger partial charge in [-0.25, -0.2) is 14.9 Å². The summed E-state index contributed by atoms with van der Waals surface area (Å²) in [6.07, 6.45) is 3.29. The van der Waals surface area contributed by atoms with E-state index in [0.29, 0.717) is 16.0 Å². The number of hydrogen-bond acceptors (Lipinski definition) is 7. The van der Waals surface area contributed by atoms with Gasteiger partial charge in [0.15, 0.2) is 5.16 Å². The predicted octanol–water partition coefficient (Wildman–Crippen LogP) is 1.63. The number of hydrazine groups is 1. The van der Waals surface area contributed by atoms with Crippen molar-refractivity contribution in [1.29, 1.82) is 0 Å². The fourth-order valence-electron chi connectivity index (χ4n) is 1.57. The second-order valence-electron chi connectivity index (χ2n) is 3.87. The maximum atomic E-state index is 13.7. The smallest absolute Gasteiger partial charge is 0.256 e. The van der Waals surface area contributed by atoms with Gasteiger partial charge in [0.05, 0.1) is 4.90 Å². The topological polar surface area (TPSA) is 94.5 Å². The molecule has 7 nitrogen and oxygen atoms in total. The highest BCUT2D eigenvalue weighted by Crippen LogP contribution is 2.27. The van der Waals surface area contributed by atoms with E-state index >= 15 is 0 Å². The Balaban J connectivity index is 1.99. The van der Waals surface area contributed by atoms with Crippen molar-refractivity contribution in [1.82, 2.24) is 24.7 Å². The molecule has 0 fully saturated rings. The molecule has 0 bridgehead atoms. The van der Waals surface area contributed by atoms with Crippen molar-refractivity contribution in [3.05, 3.63) is 48.5 Å². The van der Waals surface area contributed by atoms with Gasteiger partial charge in [-0.1, -0.05) is 12.1 Å². The van der Waals surface area contributed by atoms with Crippen LogP contribution in [0.25, 0.3) is 5.95 Å². The van der Waals surface area contributed by atoms with E-state index in [1.807, 2.05) is 0 Å². The number of nitrogen functional groups attached to an aromatic ring is 1. The van der Waals surface area contributed by atoms with Crippen LogP contribution < -0.4 is 11.3 Å². The highest BCUT2D eigenvalue weighted by atomic mass is 32.2. The Morgan fingerprint density at radius 1 is 1.14 bits per heavy atom. The van der Waals surface area contributed by atoms with Crippen LogP contribution in [-0.4, -0.2) is 24.7 Å². The van der Waals surface area contributed by atoms with Crippen molar-refractivity contribution in [2.75, 3.05) is 5.43 Å². The quantitative estimate of drug-likeness (QED) is 0.559. The Kier molecular flexibility index (Phi) is 3.75. The maximum Gasteiger partial charge on any atom is 0.256 e. The van der Waals surface area contributed by atoms with E-state index < -0.39 is 0 Å². The third-order valence-electron chi connectivity index (χ3n) is 2.48. The number of nitrogens with zero attached hydrogens (tertiary/aromatic N) is 5. The lowest BCUT2D eigenvalue weighted by Gasteiger charge is -2.06. The van der Waals surface area contributed by atoms with Gasteiger partial charge >= 0.3 is 0 Å². The molecule has 0 saturated heterocycles. The summed E-state index contributed by atoms with van der Waals surface area (Å²) in [6.45, 7) is 0. The SMILES string of the molecule is NNc1nc(Sc2ccccc2F)nc(-n2cccn2)n1. The number of nitrogens with two attached hydrogens (primary N) is 1. The van der Waals surface area contributed by atoms with Gasteiger partial charge in [-0.3, -0.25) is 5.43 Å². The molecule has 2 aromatic heterocycles. The molecule has 0 radical (unpaired) electrons. The molecular formula is C12H10FN7S. The van der Waals surface area contributed by atoms with E-state index in [4.69, 9.17) is 5.84 Å². The van der Waals surface area contributed by atoms with Gasteiger partial charge in [-0.05, 0) is 30.0 Å². The summed E-state index contributed by atoms with van der Waals surface area (Å²) in [7, 11) is 0. The van der Waals surface area contributed by atoms with Gasteiger partial charge in [-0.2, -0.15) is 20.1 Å². The van der Waals surface area contributed by atoms with Crippen molar-refractivity contribution in [2.24, 2.45) is 5.84 Å². The second kappa shape index (κ2) is 5.85. The van der Waals surface area contributed by atoms with Crippen LogP contribution in [0.5, 0.6) is 0 Å². The fourth-order valence-corrected chi connectivity index (χ4v) is 2.34. The van der Waals surface area contributed by atoms with E-state index in [-0.39, 0.29) is 11.8 Å². The lowest BCUT2D eigenvalue weighted by molar-refractivity contribution is 0.601. The summed E-state index contributed by atoms with van der Waals surface area (Å²) in [6, 6.07) is 8.12. The van der Waals surface area contributed by atoms with Gasteiger partial charge in [0, 0.05) is 12.4 Å². The number of nitrogens with one attached hydrogen (secondary N) is 1. The number of anilines is 1. The standard InChI is InChI=1S/C12H10FN7S/c13-8-4-1-2-5-9(8)21-12-17-10(19-14)16-11(18-12)20-7-3-6-15-20/h1-7H,14H2,(H,16,17,18,19). The van der Waals surface area contributed by atoms with Crippen LogP contribution in [0.1, 0.15) is 0 Å². The lowest BCUT2D eigenvalue weighted by atomic mass is 10.4. The summed E-state index contributed by atoms with van der Waals surface area (Å²) >= 11 is 1.08. The minimum Gasteiger partial charge on any atom is -0.292 e. The number of aromatic nitrogens is 5. The van der Waals surface area contributed by atoms with Gasteiger partial charge in [0.2, 0.25) is 5.95 Å². The molecule has 0 amide bonds. The number of hydrogen-bond donors (Lipinski definition) is 2. The molecule has 0 saturated carbocycles. The monoisotopic (exact) mass is 303 g/mol. The van der Waals surface area contributed by atoms with Gasteiger partial charge in [0.1, 0.15) is 5.82 Å². The molecule has 9 heteroatoms. The molecule has 2 heterocycles. The molecule has 0 unspecified atom stereocenters. The summed E-state index contributed by atoms with van der Waals surface area (Å²) in [5.41, 5.74) is 2.36. The number of rotatable bonds is 4. The molecule has 106 valence electrons. The molecule has 0 atom stereocenters. The Morgan fingerprint density at radius 2 is 2.00 bits per heavy atom. The average Bonchev–Trinajstić information content (AvgIpc) is 3.04. The van der Waals surface area contributed by atoms with Crippen molar-refractivity contribution in [3.8, 4) is 5.95 Å². The molecule has 3 rings (SSSR count). The van der Waals surface area contributed by atoms with E-state index in [2.05, 4.69) is 25.5 Å². The zero-order valence-electron chi connectivity index (χ0n) is 10.6. The van der Waals surface area contributed by atoms with E-state index in [9.17, 15) is 4.39 Å². The van der Waals surface area contributed by atoms with Crippen molar-refractivity contribution < 1.29 is 4.39 Å². The largest absolute Gasteiger partial charge is 0.292 e. The highest BCUT2D eigenvalue weighted by Gasteiger charge is 2.11. The first-order chi connectivity index (χ1) is 10.3. The van der Waals surface area contributed by atoms with E-state index in [1.165, 1.54) is 10.7 Å². The Morgan fingerprint density at radius 3 is 2.71 bits per heavy atom. The molecule has 0 spiro atoms. The Labute approximate surface area is 123 Å². The van der Waals surface area contributed by atoms with E-state index in [0.717, 1.165) is 11.8 Å². The molecule has 3 aromatic rings. The summed E-state index contributed by atoms with van der Waals surface area (Å²) in [5.74, 6) is 5.48. The third kappa shape index (κ3) is 2.98. The van der Waals surface area contributed by atoms with Crippen LogP contribution in [0.3, 0.4) is 0 Å². The first-order valence-electron chi connectivity index (χ1n) is 5.91. The summed E-state index contributed by atoms with van der Waals surface area (Å²) in [5, 5.41) is 4.35. The third-order valence-corrected chi connectivity index (χ3v) is 3.40. The highest BCUT2D eigenvalue weighted by molar-refractivity contribution is 7.99. The normalized spacial score (nSPS) is 10.6. The van der Waals surface area contributed by atoms with Gasteiger partial charge < -0.3 is 0 Å². The molecule has 21 heavy (non-hydrogen) atoms. The van der Waals surface area contributed by atoms with Crippen LogP contribution in [0.2, 0.25) is 0 Å². The zero-order valence-corrected chi connectivity index (χ0v) is 11.5. The second-order valence-corrected chi connectivity index (χ2v) is 4.88. The van der Waals surface area contributed by atoms with Crippen LogP contribution >= 0.6 is 11.8 Å². The minimum absolute atomic E-state index is 0.175. The van der Waals surface area contributed by atoms with E-state index in [1.54, 1.807) is 36.7 Å². The van der Waals surface area contributed by atoms with Crippen LogP contribution in [-0.2, 0) is 0 Å². The van der Waals surface area contributed by atoms with Crippen LogP contribution in [0.4, 0.5) is 10.3 Å². The van der Waals surface area contributed by atoms with Crippen molar-refractivity contribution in [3.63, 3.8) is 0 Å². The maximum absolute atomic E-state index is 13.7. The zero-order chi connectivity index (χ0) is 14.7. The number of halogens is 1. The number of benzene rings is 1. The Bertz CT molecular complexity index is 747. The molecule has 1 aromatic carbocycles. The first kappa shape index (κ1) is 13.5. The van der Waals surface area contributed by atoms with Gasteiger partial charge in [-0.15, -0.1) is 0 Å². The molecule has 3 N–H and O–H groups in total. The predicted molar refractivity (Wildman–Crippen MR) is 75.3 cm³/mol. The molecule has 0 aliphatic rings. The van der Waals surface area contributed by atoms with Gasteiger partial charge in [0.25, 0.3) is 5.95 Å². The van der Waals surface area contributed by atoms with Crippen LogP contribution in [0, 0.1) is 5.82 Å². The molecule has 0 aliphatic carbocycles. The van der Waals surface area contributed by atoms with Crippen molar-refractivity contribution in [2.45, 2.75) is 10.1 Å².